The first-order valence-corrected chi connectivity index (χ1v) is 8.93. The van der Waals surface area contributed by atoms with Gasteiger partial charge in [-0.25, -0.2) is 4.68 Å². The number of nitrogens with zero attached hydrogens (tertiary/aromatic N) is 3. The molecule has 2 fully saturated rings. The summed E-state index contributed by atoms with van der Waals surface area (Å²) in [5, 5.41) is 13.2. The van der Waals surface area contributed by atoms with Crippen LogP contribution in [0.15, 0.2) is 23.0 Å². The van der Waals surface area contributed by atoms with E-state index in [0.717, 1.165) is 68.6 Å². The summed E-state index contributed by atoms with van der Waals surface area (Å²) in [4.78, 5) is 15.3. The second-order valence-electron chi connectivity index (χ2n) is 6.80. The molecule has 2 N–H and O–H groups in total. The first-order valence-electron chi connectivity index (χ1n) is 8.93. The summed E-state index contributed by atoms with van der Waals surface area (Å²) >= 11 is 0. The van der Waals surface area contributed by atoms with Crippen LogP contribution in [-0.2, 0) is 0 Å². The smallest absolute Gasteiger partial charge is 0.274 e. The standard InChI is InChI=1S/C18H25N5O/c1-13-17-11-14(22-9-7-19-8-10-22)4-5-16(17)18(24)23(21-13)15-3-2-6-20-12-15/h4-5,11,15,19-20H,2-3,6-10,12H2,1H3. The molecule has 128 valence electrons. The fourth-order valence-corrected chi connectivity index (χ4v) is 3.81. The van der Waals surface area contributed by atoms with Gasteiger partial charge in [-0.15, -0.1) is 0 Å². The zero-order valence-corrected chi connectivity index (χ0v) is 14.2. The largest absolute Gasteiger partial charge is 0.369 e. The van der Waals surface area contributed by atoms with E-state index in [-0.39, 0.29) is 11.6 Å². The minimum atomic E-state index is 0.0381. The van der Waals surface area contributed by atoms with E-state index in [2.05, 4.69) is 32.8 Å². The molecule has 24 heavy (non-hydrogen) atoms. The van der Waals surface area contributed by atoms with Crippen molar-refractivity contribution in [2.75, 3.05) is 44.2 Å². The lowest BCUT2D eigenvalue weighted by Gasteiger charge is -2.30. The van der Waals surface area contributed by atoms with Crippen molar-refractivity contribution in [3.8, 4) is 0 Å². The van der Waals surface area contributed by atoms with Gasteiger partial charge in [-0.05, 0) is 44.5 Å². The SMILES string of the molecule is Cc1nn(C2CCCNC2)c(=O)c2ccc(N3CCNCC3)cc12. The van der Waals surface area contributed by atoms with Crippen LogP contribution < -0.4 is 21.1 Å². The quantitative estimate of drug-likeness (QED) is 0.863. The molecule has 0 bridgehead atoms. The van der Waals surface area contributed by atoms with Crippen LogP contribution in [0.5, 0.6) is 0 Å². The van der Waals surface area contributed by atoms with E-state index >= 15 is 0 Å². The van der Waals surface area contributed by atoms with Crippen molar-refractivity contribution in [2.45, 2.75) is 25.8 Å². The number of fused-ring (bicyclic) bond motifs is 1. The van der Waals surface area contributed by atoms with Gasteiger partial charge in [-0.3, -0.25) is 4.79 Å². The first kappa shape index (κ1) is 15.6. The molecule has 6 heteroatoms. The normalized spacial score (nSPS) is 22.0. The maximum Gasteiger partial charge on any atom is 0.274 e. The van der Waals surface area contributed by atoms with Crippen LogP contribution >= 0.6 is 0 Å². The van der Waals surface area contributed by atoms with Crippen LogP contribution in [0.4, 0.5) is 5.69 Å². The van der Waals surface area contributed by atoms with E-state index in [1.807, 2.05) is 13.0 Å². The lowest BCUT2D eigenvalue weighted by atomic mass is 10.1. The summed E-state index contributed by atoms with van der Waals surface area (Å²) in [6.07, 6.45) is 2.11. The van der Waals surface area contributed by atoms with Gasteiger partial charge in [-0.2, -0.15) is 5.10 Å². The predicted octanol–water partition coefficient (Wildman–Crippen LogP) is 1.04. The Hall–Kier alpha value is -1.92. The molecule has 2 saturated heterocycles. The first-order chi connectivity index (χ1) is 11.7. The molecule has 1 unspecified atom stereocenters. The fourth-order valence-electron chi connectivity index (χ4n) is 3.81. The third-order valence-electron chi connectivity index (χ3n) is 5.19. The monoisotopic (exact) mass is 327 g/mol. The second kappa shape index (κ2) is 6.53. The Labute approximate surface area is 141 Å². The van der Waals surface area contributed by atoms with E-state index in [1.165, 1.54) is 5.69 Å². The number of benzene rings is 1. The van der Waals surface area contributed by atoms with E-state index in [9.17, 15) is 4.79 Å². The highest BCUT2D eigenvalue weighted by molar-refractivity contribution is 5.86. The van der Waals surface area contributed by atoms with Crippen molar-refractivity contribution in [1.82, 2.24) is 20.4 Å². The fraction of sp³-hybridized carbons (Fsp3) is 0.556. The Bertz CT molecular complexity index is 788. The molecule has 1 aromatic carbocycles. The van der Waals surface area contributed by atoms with Crippen LogP contribution in [0.1, 0.15) is 24.6 Å². The Morgan fingerprint density at radius 3 is 2.71 bits per heavy atom. The van der Waals surface area contributed by atoms with Gasteiger partial charge in [0.25, 0.3) is 5.56 Å². The Balaban J connectivity index is 1.75. The number of piperidine rings is 1. The lowest BCUT2D eigenvalue weighted by molar-refractivity contribution is 0.335. The van der Waals surface area contributed by atoms with E-state index in [1.54, 1.807) is 4.68 Å². The van der Waals surface area contributed by atoms with Crippen molar-refractivity contribution in [2.24, 2.45) is 0 Å². The van der Waals surface area contributed by atoms with Crippen LogP contribution in [-0.4, -0.2) is 49.0 Å². The van der Waals surface area contributed by atoms with Crippen LogP contribution in [0.3, 0.4) is 0 Å². The van der Waals surface area contributed by atoms with Crippen molar-refractivity contribution >= 4 is 16.5 Å². The van der Waals surface area contributed by atoms with Gasteiger partial charge in [0.05, 0.1) is 17.1 Å². The van der Waals surface area contributed by atoms with Gasteiger partial charge >= 0.3 is 0 Å². The van der Waals surface area contributed by atoms with Crippen molar-refractivity contribution in [3.05, 3.63) is 34.2 Å². The Morgan fingerprint density at radius 1 is 1.12 bits per heavy atom. The van der Waals surface area contributed by atoms with Gasteiger partial charge in [0.2, 0.25) is 0 Å². The van der Waals surface area contributed by atoms with Crippen molar-refractivity contribution < 1.29 is 0 Å². The number of piperazine rings is 1. The molecule has 0 aliphatic carbocycles. The number of rotatable bonds is 2. The third-order valence-corrected chi connectivity index (χ3v) is 5.19. The van der Waals surface area contributed by atoms with Crippen LogP contribution in [0.25, 0.3) is 10.8 Å². The molecule has 2 aromatic rings. The number of hydrogen-bond donors (Lipinski definition) is 2. The summed E-state index contributed by atoms with van der Waals surface area (Å²) in [5.74, 6) is 0. The van der Waals surface area contributed by atoms with Gasteiger partial charge in [0, 0.05) is 43.8 Å². The molecule has 2 aliphatic heterocycles. The zero-order chi connectivity index (χ0) is 16.5. The molecule has 0 radical (unpaired) electrons. The lowest BCUT2D eigenvalue weighted by Crippen LogP contribution is -2.43. The van der Waals surface area contributed by atoms with E-state index < -0.39 is 0 Å². The second-order valence-corrected chi connectivity index (χ2v) is 6.80. The summed E-state index contributed by atoms with van der Waals surface area (Å²) < 4.78 is 1.70. The number of hydrogen-bond acceptors (Lipinski definition) is 5. The molecule has 4 rings (SSSR count). The van der Waals surface area contributed by atoms with Crippen molar-refractivity contribution in [3.63, 3.8) is 0 Å². The van der Waals surface area contributed by atoms with E-state index in [4.69, 9.17) is 0 Å². The molecule has 1 atom stereocenters. The average molecular weight is 327 g/mol. The highest BCUT2D eigenvalue weighted by atomic mass is 16.1. The molecular weight excluding hydrogens is 302 g/mol. The summed E-state index contributed by atoms with van der Waals surface area (Å²) in [6, 6.07) is 6.37. The van der Waals surface area contributed by atoms with Gasteiger partial charge in [0.15, 0.2) is 0 Å². The molecule has 2 aliphatic rings. The van der Waals surface area contributed by atoms with Gasteiger partial charge in [0.1, 0.15) is 0 Å². The van der Waals surface area contributed by atoms with Gasteiger partial charge < -0.3 is 15.5 Å². The Kier molecular flexibility index (Phi) is 4.24. The number of aromatic nitrogens is 2. The highest BCUT2D eigenvalue weighted by Crippen LogP contribution is 2.23. The average Bonchev–Trinajstić information content (AvgIpc) is 2.66. The maximum absolute atomic E-state index is 12.9. The summed E-state index contributed by atoms with van der Waals surface area (Å²) in [7, 11) is 0. The topological polar surface area (TPSA) is 62.2 Å². The highest BCUT2D eigenvalue weighted by Gasteiger charge is 2.20. The molecular formula is C18H25N5O. The minimum absolute atomic E-state index is 0.0381. The Morgan fingerprint density at radius 2 is 1.96 bits per heavy atom. The van der Waals surface area contributed by atoms with Gasteiger partial charge in [-0.1, -0.05) is 0 Å². The molecule has 1 aromatic heterocycles. The van der Waals surface area contributed by atoms with E-state index in [0.29, 0.717) is 0 Å². The molecule has 0 saturated carbocycles. The maximum atomic E-state index is 12.9. The molecule has 6 nitrogen and oxygen atoms in total. The number of aryl methyl sites for hydroxylation is 1. The van der Waals surface area contributed by atoms with Crippen LogP contribution in [0.2, 0.25) is 0 Å². The zero-order valence-electron chi connectivity index (χ0n) is 14.2. The van der Waals surface area contributed by atoms with Crippen LogP contribution in [0, 0.1) is 6.92 Å². The summed E-state index contributed by atoms with van der Waals surface area (Å²) in [6.45, 7) is 7.89. The predicted molar refractivity (Wildman–Crippen MR) is 97.0 cm³/mol. The number of nitrogens with one attached hydrogen (secondary N) is 2. The summed E-state index contributed by atoms with van der Waals surface area (Å²) in [5.41, 5.74) is 2.16. The molecule has 0 amide bonds. The van der Waals surface area contributed by atoms with Crippen molar-refractivity contribution in [1.29, 1.82) is 0 Å². The molecule has 3 heterocycles. The number of anilines is 1. The minimum Gasteiger partial charge on any atom is -0.369 e. The third kappa shape index (κ3) is 2.80. The molecule has 0 spiro atoms.